The first kappa shape index (κ1) is 55.3. The summed E-state index contributed by atoms with van der Waals surface area (Å²) in [5.74, 6) is -2.33. The number of esters is 2. The molecular formula is C48H50I2N2O15S4. The molecule has 380 valence electrons. The number of rotatable bonds is 20. The van der Waals surface area contributed by atoms with E-state index < -0.39 is 125 Å². The van der Waals surface area contributed by atoms with Crippen LogP contribution in [0.25, 0.3) is 0 Å². The van der Waals surface area contributed by atoms with Gasteiger partial charge in [0.25, 0.3) is 0 Å². The zero-order chi connectivity index (χ0) is 52.1. The summed E-state index contributed by atoms with van der Waals surface area (Å²) >= 11 is -10.5. The molecule has 0 aliphatic carbocycles. The van der Waals surface area contributed by atoms with E-state index in [0.29, 0.717) is 22.3 Å². The topological polar surface area (TPSA) is 223 Å². The van der Waals surface area contributed by atoms with Crippen LogP contribution in [0, 0.1) is 34.8 Å². The summed E-state index contributed by atoms with van der Waals surface area (Å²) in [4.78, 5) is 23.7. The van der Waals surface area contributed by atoms with E-state index in [1.807, 2.05) is 0 Å². The Hall–Kier alpha value is -5.00. The van der Waals surface area contributed by atoms with Crippen molar-refractivity contribution in [3.63, 3.8) is 0 Å². The zero-order valence-electron chi connectivity index (χ0n) is 39.4. The van der Waals surface area contributed by atoms with Gasteiger partial charge in [0.15, 0.2) is 0 Å². The maximum absolute atomic E-state index is 15.6. The fourth-order valence-electron chi connectivity index (χ4n) is 6.22. The van der Waals surface area contributed by atoms with Crippen molar-refractivity contribution in [3.8, 4) is 11.5 Å². The Morgan fingerprint density at radius 1 is 0.408 bits per heavy atom. The van der Waals surface area contributed by atoms with Crippen LogP contribution < -0.4 is 9.47 Å². The molecule has 0 saturated heterocycles. The number of para-hydroxylation sites is 2. The SMILES string of the molecule is COC(=O)[C@@H](C)Oc1ccccc1I(OI(c1ccccc1O[C@H](C)C(=O)OC)N(S(=O)(=O)c1ccc(C)cc1)S(=O)(=O)c1ccc(C)cc1)N(S(=O)(=O)c1ccc(C)cc1)S(=O)(=O)c1ccc(C)cc1. The first-order valence-corrected chi connectivity index (χ1v) is 32.7. The Labute approximate surface area is 430 Å². The second kappa shape index (κ2) is 22.8. The van der Waals surface area contributed by atoms with Crippen molar-refractivity contribution in [2.24, 2.45) is 0 Å². The van der Waals surface area contributed by atoms with E-state index in [1.54, 1.807) is 27.7 Å². The van der Waals surface area contributed by atoms with Crippen LogP contribution in [-0.4, -0.2) is 75.9 Å². The van der Waals surface area contributed by atoms with E-state index in [9.17, 15) is 9.59 Å². The van der Waals surface area contributed by atoms with Gasteiger partial charge in [-0.3, -0.25) is 0 Å². The maximum atomic E-state index is 15.6. The zero-order valence-corrected chi connectivity index (χ0v) is 47.0. The molecule has 17 nitrogen and oxygen atoms in total. The Morgan fingerprint density at radius 2 is 0.648 bits per heavy atom. The molecule has 0 saturated carbocycles. The predicted octanol–water partition coefficient (Wildman–Crippen LogP) is 8.69. The molecule has 0 spiro atoms. The van der Waals surface area contributed by atoms with Crippen molar-refractivity contribution >= 4 is 93.0 Å². The average molecular weight is 1280 g/mol. The van der Waals surface area contributed by atoms with Gasteiger partial charge in [-0.1, -0.05) is 0 Å². The molecule has 71 heavy (non-hydrogen) atoms. The normalized spacial score (nSPS) is 13.5. The Bertz CT molecular complexity index is 2970. The number of hydrogen-bond acceptors (Lipinski definition) is 15. The summed E-state index contributed by atoms with van der Waals surface area (Å²) < 4.78 is 154. The fraction of sp³-hybridized carbons (Fsp3) is 0.208. The van der Waals surface area contributed by atoms with E-state index in [0.717, 1.165) is 14.2 Å². The second-order valence-electron chi connectivity index (χ2n) is 15.5. The van der Waals surface area contributed by atoms with Crippen molar-refractivity contribution in [2.75, 3.05) is 14.2 Å². The van der Waals surface area contributed by atoms with Gasteiger partial charge in [0.05, 0.1) is 0 Å². The minimum atomic E-state index is -5.37. The number of carbonyl (C=O) groups excluding carboxylic acids is 2. The molecule has 0 radical (unpaired) electrons. The van der Waals surface area contributed by atoms with E-state index in [4.69, 9.17) is 20.3 Å². The van der Waals surface area contributed by atoms with Gasteiger partial charge in [-0.05, 0) is 0 Å². The molecule has 0 N–H and O–H groups in total. The number of carbonyl (C=O) groups is 2. The van der Waals surface area contributed by atoms with E-state index >= 15 is 33.7 Å². The summed E-state index contributed by atoms with van der Waals surface area (Å²) in [6.07, 6.45) is -2.81. The van der Waals surface area contributed by atoms with Crippen LogP contribution in [-0.2, 0) is 60.6 Å². The number of methoxy groups -OCH3 is 2. The van der Waals surface area contributed by atoms with Gasteiger partial charge in [-0.15, -0.1) is 0 Å². The van der Waals surface area contributed by atoms with E-state index in [2.05, 4.69) is 0 Å². The Kier molecular flexibility index (Phi) is 17.8. The minimum absolute atomic E-state index is 0.185. The number of aryl methyl sites for hydroxylation is 4. The quantitative estimate of drug-likeness (QED) is 0.0396. The fourth-order valence-corrected chi connectivity index (χ4v) is 37.1. The molecule has 6 rings (SSSR count). The first-order valence-electron chi connectivity index (χ1n) is 21.1. The Balaban J connectivity index is 1.82. The van der Waals surface area contributed by atoms with Crippen molar-refractivity contribution in [3.05, 3.63) is 175 Å². The number of halogens is 2. The number of ether oxygens (including phenoxy) is 4. The van der Waals surface area contributed by atoms with Crippen LogP contribution >= 0.6 is 41.0 Å². The summed E-state index contributed by atoms with van der Waals surface area (Å²) in [5, 5.41) is 0. The molecule has 23 heteroatoms. The number of benzene rings is 6. The van der Waals surface area contributed by atoms with Gasteiger partial charge in [0.2, 0.25) is 0 Å². The van der Waals surface area contributed by atoms with Crippen molar-refractivity contribution in [2.45, 2.75) is 73.3 Å². The van der Waals surface area contributed by atoms with Gasteiger partial charge in [-0.2, -0.15) is 0 Å². The molecule has 6 aromatic rings. The van der Waals surface area contributed by atoms with Crippen LogP contribution in [0.4, 0.5) is 0 Å². The molecule has 0 fully saturated rings. The molecule has 0 bridgehead atoms. The Morgan fingerprint density at radius 3 is 0.887 bits per heavy atom. The van der Waals surface area contributed by atoms with Gasteiger partial charge >= 0.3 is 435 Å². The molecule has 0 aliphatic rings. The second-order valence-corrected chi connectivity index (χ2v) is 35.2. The monoisotopic (exact) mass is 1280 g/mol. The van der Waals surface area contributed by atoms with Crippen molar-refractivity contribution in [1.29, 1.82) is 0 Å². The van der Waals surface area contributed by atoms with Gasteiger partial charge in [-0.25, -0.2) is 0 Å². The molecule has 0 aliphatic heterocycles. The first-order chi connectivity index (χ1) is 33.4. The van der Waals surface area contributed by atoms with Gasteiger partial charge < -0.3 is 0 Å². The molecule has 0 heterocycles. The van der Waals surface area contributed by atoms with E-state index in [-0.39, 0.29) is 22.5 Å². The summed E-state index contributed by atoms with van der Waals surface area (Å²) in [7, 11) is -19.3. The molecular weight excluding hydrogens is 1230 g/mol. The van der Waals surface area contributed by atoms with Crippen LogP contribution in [0.3, 0.4) is 0 Å². The van der Waals surface area contributed by atoms with Crippen molar-refractivity contribution < 1.29 is 63.6 Å². The van der Waals surface area contributed by atoms with Crippen molar-refractivity contribution in [1.82, 2.24) is 3.85 Å². The van der Waals surface area contributed by atoms with Gasteiger partial charge in [0, 0.05) is 0 Å². The number of sulfonamides is 4. The molecule has 2 atom stereocenters. The molecule has 0 unspecified atom stereocenters. The predicted molar refractivity (Wildman–Crippen MR) is 281 cm³/mol. The van der Waals surface area contributed by atoms with Crippen LogP contribution in [0.2, 0.25) is 0 Å². The summed E-state index contributed by atoms with van der Waals surface area (Å²) in [6, 6.07) is 31.9. The van der Waals surface area contributed by atoms with E-state index in [1.165, 1.54) is 159 Å². The molecule has 0 amide bonds. The average Bonchev–Trinajstić information content (AvgIpc) is 3.33. The molecule has 0 aromatic heterocycles. The summed E-state index contributed by atoms with van der Waals surface area (Å²) in [6.45, 7) is 9.39. The third-order valence-electron chi connectivity index (χ3n) is 10.1. The molecule has 6 aromatic carbocycles. The number of hydrogen-bond donors (Lipinski definition) is 0. The summed E-state index contributed by atoms with van der Waals surface area (Å²) in [5.41, 5.74) is 2.46. The van der Waals surface area contributed by atoms with Crippen LogP contribution in [0.1, 0.15) is 36.1 Å². The number of nitrogens with zero attached hydrogens (tertiary/aromatic N) is 2. The van der Waals surface area contributed by atoms with Crippen LogP contribution in [0.5, 0.6) is 11.5 Å². The van der Waals surface area contributed by atoms with Crippen LogP contribution in [0.15, 0.2) is 165 Å². The van der Waals surface area contributed by atoms with Gasteiger partial charge in [0.1, 0.15) is 0 Å². The standard InChI is InChI=1S/C48H50I2N2O15S4/c1-33-17-25-39(26-18-33)68(55,56)51(69(57,58)40-27-19-34(2)20-28-40)49(43-13-9-11-15-45(43)65-37(5)47(53)63-7)67-50(44-14-10-12-16-46(44)66-38(6)48(54)64-8)52(70(59,60)41-29-21-35(3)22-30-41)71(61,62)42-31-23-36(4)24-32-42/h9-32,37-38H,1-8H3/t37-,38-/m1/s1. The third-order valence-corrected chi connectivity index (χ3v) is 37.1. The third kappa shape index (κ3) is 12.3.